The highest BCUT2D eigenvalue weighted by molar-refractivity contribution is 6.31. The Kier molecular flexibility index (Phi) is 4.28. The summed E-state index contributed by atoms with van der Waals surface area (Å²) in [5, 5.41) is 19.5. The molecule has 0 saturated carbocycles. The minimum atomic E-state index is -0.579. The number of benzene rings is 1. The molecule has 16 heavy (non-hydrogen) atoms. The van der Waals surface area contributed by atoms with E-state index in [0.29, 0.717) is 12.0 Å². The predicted octanol–water partition coefficient (Wildman–Crippen LogP) is 2.23. The van der Waals surface area contributed by atoms with Gasteiger partial charge < -0.3 is 10.8 Å². The number of rotatable bonds is 4. The maximum absolute atomic E-state index is 10.7. The fraction of sp³-hybridized carbons (Fsp3) is 0.200. The van der Waals surface area contributed by atoms with E-state index < -0.39 is 4.92 Å². The number of anilines is 1. The first-order chi connectivity index (χ1) is 7.56. The first kappa shape index (κ1) is 12.5. The number of nitro benzene ring substituents is 1. The second-order valence-electron chi connectivity index (χ2n) is 3.10. The van der Waals surface area contributed by atoms with Gasteiger partial charge in [0.05, 0.1) is 4.92 Å². The molecule has 3 N–H and O–H groups in total. The number of nitrogens with zero attached hydrogens (tertiary/aromatic N) is 1. The van der Waals surface area contributed by atoms with Crippen LogP contribution in [0.25, 0.3) is 6.08 Å². The Morgan fingerprint density at radius 1 is 1.56 bits per heavy atom. The Morgan fingerprint density at radius 3 is 2.81 bits per heavy atom. The van der Waals surface area contributed by atoms with Crippen LogP contribution in [0.15, 0.2) is 18.2 Å². The highest BCUT2D eigenvalue weighted by atomic mass is 35.5. The van der Waals surface area contributed by atoms with Crippen LogP contribution in [-0.2, 0) is 0 Å². The zero-order valence-corrected chi connectivity index (χ0v) is 9.15. The summed E-state index contributed by atoms with van der Waals surface area (Å²) >= 11 is 5.74. The Labute approximate surface area is 97.3 Å². The third-order valence-corrected chi connectivity index (χ3v) is 2.16. The molecule has 1 aromatic carbocycles. The summed E-state index contributed by atoms with van der Waals surface area (Å²) in [4.78, 5) is 10.1. The zero-order chi connectivity index (χ0) is 12.1. The molecule has 1 rings (SSSR count). The maximum atomic E-state index is 10.7. The molecule has 0 amide bonds. The van der Waals surface area contributed by atoms with Crippen molar-refractivity contribution in [3.8, 4) is 0 Å². The van der Waals surface area contributed by atoms with Crippen molar-refractivity contribution in [3.05, 3.63) is 38.9 Å². The van der Waals surface area contributed by atoms with Gasteiger partial charge in [0, 0.05) is 23.3 Å². The summed E-state index contributed by atoms with van der Waals surface area (Å²) in [6, 6.07) is 2.75. The molecule has 0 unspecified atom stereocenters. The van der Waals surface area contributed by atoms with Crippen LogP contribution in [0.4, 0.5) is 11.4 Å². The molecule has 6 heteroatoms. The minimum absolute atomic E-state index is 0.0130. The summed E-state index contributed by atoms with van der Waals surface area (Å²) in [5.74, 6) is 0. The van der Waals surface area contributed by atoms with E-state index in [1.807, 2.05) is 0 Å². The van der Waals surface area contributed by atoms with Gasteiger partial charge in [-0.15, -0.1) is 0 Å². The van der Waals surface area contributed by atoms with Crippen LogP contribution in [0.5, 0.6) is 0 Å². The van der Waals surface area contributed by atoms with Gasteiger partial charge in [-0.1, -0.05) is 23.8 Å². The third-order valence-electron chi connectivity index (χ3n) is 1.94. The van der Waals surface area contributed by atoms with Crippen LogP contribution in [0.2, 0.25) is 5.02 Å². The molecule has 0 aliphatic carbocycles. The second kappa shape index (κ2) is 5.48. The Bertz CT molecular complexity index is 432. The Hall–Kier alpha value is -1.59. The minimum Gasteiger partial charge on any atom is -0.396 e. The van der Waals surface area contributed by atoms with E-state index in [4.69, 9.17) is 22.4 Å². The van der Waals surface area contributed by atoms with Gasteiger partial charge in [0.15, 0.2) is 0 Å². The van der Waals surface area contributed by atoms with Crippen LogP contribution in [0.1, 0.15) is 12.0 Å². The maximum Gasteiger partial charge on any atom is 0.294 e. The predicted molar refractivity (Wildman–Crippen MR) is 63.3 cm³/mol. The van der Waals surface area contributed by atoms with Gasteiger partial charge in [-0.25, -0.2) is 0 Å². The van der Waals surface area contributed by atoms with Crippen molar-refractivity contribution in [2.24, 2.45) is 0 Å². The molecule has 0 aliphatic rings. The van der Waals surface area contributed by atoms with E-state index in [1.54, 1.807) is 12.2 Å². The fourth-order valence-electron chi connectivity index (χ4n) is 1.20. The number of aliphatic hydroxyl groups excluding tert-OH is 1. The number of halogens is 1. The van der Waals surface area contributed by atoms with Crippen LogP contribution in [0.3, 0.4) is 0 Å². The Balaban J connectivity index is 3.14. The highest BCUT2D eigenvalue weighted by Crippen LogP contribution is 2.30. The van der Waals surface area contributed by atoms with Gasteiger partial charge in [-0.2, -0.15) is 0 Å². The summed E-state index contributed by atoms with van der Waals surface area (Å²) in [6.07, 6.45) is 3.73. The summed E-state index contributed by atoms with van der Waals surface area (Å²) in [7, 11) is 0. The number of aliphatic hydroxyl groups is 1. The quantitative estimate of drug-likeness (QED) is 0.481. The van der Waals surface area contributed by atoms with E-state index in [9.17, 15) is 10.1 Å². The molecule has 0 aliphatic heterocycles. The van der Waals surface area contributed by atoms with Gasteiger partial charge in [-0.05, 0) is 12.5 Å². The van der Waals surface area contributed by atoms with E-state index in [1.165, 1.54) is 12.1 Å². The average molecular weight is 243 g/mol. The number of nitrogen functional groups attached to an aromatic ring is 1. The van der Waals surface area contributed by atoms with E-state index in [-0.39, 0.29) is 23.0 Å². The van der Waals surface area contributed by atoms with Crippen molar-refractivity contribution in [1.29, 1.82) is 0 Å². The molecule has 0 bridgehead atoms. The number of nitrogens with two attached hydrogens (primary N) is 1. The van der Waals surface area contributed by atoms with Crippen molar-refractivity contribution in [2.75, 3.05) is 12.3 Å². The largest absolute Gasteiger partial charge is 0.396 e. The lowest BCUT2D eigenvalue weighted by atomic mass is 10.1. The van der Waals surface area contributed by atoms with Crippen LogP contribution >= 0.6 is 11.6 Å². The monoisotopic (exact) mass is 242 g/mol. The van der Waals surface area contributed by atoms with Crippen molar-refractivity contribution in [2.45, 2.75) is 6.42 Å². The normalized spacial score (nSPS) is 10.9. The summed E-state index contributed by atoms with van der Waals surface area (Å²) in [6.45, 7) is 0.0130. The molecule has 0 heterocycles. The van der Waals surface area contributed by atoms with E-state index in [0.717, 1.165) is 0 Å². The molecule has 86 valence electrons. The van der Waals surface area contributed by atoms with Gasteiger partial charge in [0.25, 0.3) is 5.69 Å². The summed E-state index contributed by atoms with van der Waals surface area (Å²) in [5.41, 5.74) is 5.96. The second-order valence-corrected chi connectivity index (χ2v) is 3.54. The molecule has 0 fully saturated rings. The third kappa shape index (κ3) is 2.95. The number of nitro groups is 1. The number of hydrogen-bond acceptors (Lipinski definition) is 4. The Morgan fingerprint density at radius 2 is 2.25 bits per heavy atom. The van der Waals surface area contributed by atoms with Gasteiger partial charge in [-0.3, -0.25) is 10.1 Å². The smallest absolute Gasteiger partial charge is 0.294 e. The van der Waals surface area contributed by atoms with Gasteiger partial charge in [0.2, 0.25) is 0 Å². The molecular formula is C10H11ClN2O3. The standard InChI is InChI=1S/C10H11ClN2O3/c11-8-5-7(3-1-2-4-14)10(12)9(6-8)13(15)16/h1,3,5-6,14H,2,4,12H2. The van der Waals surface area contributed by atoms with E-state index in [2.05, 4.69) is 0 Å². The lowest BCUT2D eigenvalue weighted by Crippen LogP contribution is -1.98. The summed E-state index contributed by atoms with van der Waals surface area (Å²) < 4.78 is 0. The molecule has 0 atom stereocenters. The van der Waals surface area contributed by atoms with Gasteiger partial charge >= 0.3 is 0 Å². The SMILES string of the molecule is Nc1c(C=CCCO)cc(Cl)cc1[N+](=O)[O-]. The van der Waals surface area contributed by atoms with Gasteiger partial charge in [0.1, 0.15) is 5.69 Å². The molecule has 5 nitrogen and oxygen atoms in total. The topological polar surface area (TPSA) is 89.4 Å². The van der Waals surface area contributed by atoms with E-state index >= 15 is 0 Å². The van der Waals surface area contributed by atoms with Crippen molar-refractivity contribution in [3.63, 3.8) is 0 Å². The lowest BCUT2D eigenvalue weighted by molar-refractivity contribution is -0.383. The van der Waals surface area contributed by atoms with Crippen molar-refractivity contribution >= 4 is 29.1 Å². The van der Waals surface area contributed by atoms with Crippen LogP contribution in [0, 0.1) is 10.1 Å². The highest BCUT2D eigenvalue weighted by Gasteiger charge is 2.14. The molecule has 0 saturated heterocycles. The van der Waals surface area contributed by atoms with Crippen LogP contribution < -0.4 is 5.73 Å². The first-order valence-corrected chi connectivity index (χ1v) is 4.95. The molecule has 0 radical (unpaired) electrons. The van der Waals surface area contributed by atoms with Crippen LogP contribution in [-0.4, -0.2) is 16.6 Å². The van der Waals surface area contributed by atoms with Crippen molar-refractivity contribution < 1.29 is 10.0 Å². The fourth-order valence-corrected chi connectivity index (χ4v) is 1.42. The molecule has 1 aromatic rings. The molecule has 0 aromatic heterocycles. The van der Waals surface area contributed by atoms with Crippen molar-refractivity contribution in [1.82, 2.24) is 0 Å². The average Bonchev–Trinajstić information content (AvgIpc) is 2.22. The molecule has 0 spiro atoms. The zero-order valence-electron chi connectivity index (χ0n) is 8.39. The lowest BCUT2D eigenvalue weighted by Gasteiger charge is -2.02. The number of hydrogen-bond donors (Lipinski definition) is 2. The first-order valence-electron chi connectivity index (χ1n) is 4.57. The molecular weight excluding hydrogens is 232 g/mol.